The highest BCUT2D eigenvalue weighted by Crippen LogP contribution is 2.05. The summed E-state index contributed by atoms with van der Waals surface area (Å²) in [5.74, 6) is -1.06. The van der Waals surface area contributed by atoms with Gasteiger partial charge in [-0.1, -0.05) is 0 Å². The second kappa shape index (κ2) is 11.0. The molecular formula is C6H16NO5PS. The summed E-state index contributed by atoms with van der Waals surface area (Å²) < 4.78 is 13.7. The fourth-order valence-corrected chi connectivity index (χ4v) is 0.488. The van der Waals surface area contributed by atoms with Crippen molar-refractivity contribution in [3.63, 3.8) is 0 Å². The summed E-state index contributed by atoms with van der Waals surface area (Å²) in [4.78, 5) is 19.5. The van der Waals surface area contributed by atoms with Crippen LogP contribution in [0.2, 0.25) is 0 Å². The van der Waals surface area contributed by atoms with Gasteiger partial charge in [-0.25, -0.2) is 0 Å². The van der Waals surface area contributed by atoms with E-state index in [-0.39, 0.29) is 13.3 Å². The molecule has 0 spiro atoms. The van der Waals surface area contributed by atoms with E-state index < -0.39 is 14.2 Å². The van der Waals surface area contributed by atoms with Gasteiger partial charge in [0.1, 0.15) is 15.0 Å². The minimum atomic E-state index is -3.19. The van der Waals surface area contributed by atoms with Crippen molar-refractivity contribution in [3.05, 3.63) is 0 Å². The van der Waals surface area contributed by atoms with Gasteiger partial charge < -0.3 is 19.1 Å². The SMILES string of the molecule is C[S+](C)C.O=C(O)CNCO[PH](=O)[O-]. The van der Waals surface area contributed by atoms with E-state index >= 15 is 0 Å². The third-order valence-corrected chi connectivity index (χ3v) is 0.948. The van der Waals surface area contributed by atoms with Gasteiger partial charge in [0, 0.05) is 0 Å². The fraction of sp³-hybridized carbons (Fsp3) is 0.833. The number of carboxylic acid groups (broad SMARTS) is 1. The van der Waals surface area contributed by atoms with Crippen LogP contribution in [0.15, 0.2) is 0 Å². The average molecular weight is 245 g/mol. The number of hydrogen-bond donors (Lipinski definition) is 2. The Labute approximate surface area is 87.0 Å². The molecule has 0 amide bonds. The molecule has 86 valence electrons. The highest BCUT2D eigenvalue weighted by Gasteiger charge is 1.92. The molecule has 0 rings (SSSR count). The number of aliphatic carboxylic acids is 1. The molecular weight excluding hydrogens is 229 g/mol. The summed E-state index contributed by atoms with van der Waals surface area (Å²) in [6, 6.07) is 0. The van der Waals surface area contributed by atoms with Crippen molar-refractivity contribution in [2.24, 2.45) is 0 Å². The third kappa shape index (κ3) is 29.7. The van der Waals surface area contributed by atoms with Crippen LogP contribution in [0.5, 0.6) is 0 Å². The lowest BCUT2D eigenvalue weighted by molar-refractivity contribution is -0.186. The monoisotopic (exact) mass is 245 g/mol. The van der Waals surface area contributed by atoms with Gasteiger partial charge in [0.2, 0.25) is 0 Å². The summed E-state index contributed by atoms with van der Waals surface area (Å²) in [7, 11) is -2.55. The van der Waals surface area contributed by atoms with Crippen molar-refractivity contribution in [2.45, 2.75) is 0 Å². The van der Waals surface area contributed by atoms with Crippen molar-refractivity contribution in [1.82, 2.24) is 5.32 Å². The predicted octanol–water partition coefficient (Wildman–Crippen LogP) is -1.12. The molecule has 0 aliphatic heterocycles. The second-order valence-electron chi connectivity index (χ2n) is 2.58. The van der Waals surface area contributed by atoms with Gasteiger partial charge in [0.25, 0.3) is 0 Å². The second-order valence-corrected chi connectivity index (χ2v) is 5.82. The number of hydrogen-bond acceptors (Lipinski definition) is 5. The molecule has 0 fully saturated rings. The maximum Gasteiger partial charge on any atom is 0.317 e. The van der Waals surface area contributed by atoms with Crippen LogP contribution in [0.1, 0.15) is 0 Å². The molecule has 6 nitrogen and oxygen atoms in total. The number of rotatable bonds is 5. The van der Waals surface area contributed by atoms with Gasteiger partial charge in [-0.2, -0.15) is 0 Å². The van der Waals surface area contributed by atoms with E-state index in [1.807, 2.05) is 0 Å². The molecule has 1 unspecified atom stereocenters. The van der Waals surface area contributed by atoms with E-state index in [2.05, 4.69) is 28.6 Å². The molecule has 0 saturated heterocycles. The first-order valence-corrected chi connectivity index (χ1v) is 7.29. The van der Waals surface area contributed by atoms with E-state index in [0.717, 1.165) is 0 Å². The van der Waals surface area contributed by atoms with Gasteiger partial charge in [0.05, 0.1) is 25.3 Å². The van der Waals surface area contributed by atoms with Gasteiger partial charge in [-0.05, 0) is 10.9 Å². The Balaban J connectivity index is 0. The van der Waals surface area contributed by atoms with Crippen LogP contribution in [0.4, 0.5) is 0 Å². The molecule has 0 saturated carbocycles. The van der Waals surface area contributed by atoms with E-state index in [1.165, 1.54) is 0 Å². The van der Waals surface area contributed by atoms with Crippen molar-refractivity contribution in [3.8, 4) is 0 Å². The molecule has 0 radical (unpaired) electrons. The Morgan fingerprint density at radius 3 is 2.29 bits per heavy atom. The normalized spacial score (nSPS) is 11.8. The van der Waals surface area contributed by atoms with Gasteiger partial charge in [-0.3, -0.25) is 10.1 Å². The minimum absolute atomic E-state index is 0.284. The van der Waals surface area contributed by atoms with Crippen molar-refractivity contribution >= 4 is 25.1 Å². The maximum atomic E-state index is 9.78. The number of carboxylic acids is 1. The number of carbonyl (C=O) groups is 1. The average Bonchev–Trinajstić information content (AvgIpc) is 1.96. The van der Waals surface area contributed by atoms with Crippen LogP contribution in [-0.4, -0.2) is 43.1 Å². The first kappa shape index (κ1) is 16.4. The minimum Gasteiger partial charge on any atom is -0.781 e. The summed E-state index contributed by atoms with van der Waals surface area (Å²) >= 11 is 0. The Hall–Kier alpha value is -0.0700. The van der Waals surface area contributed by atoms with Crippen LogP contribution in [0, 0.1) is 0 Å². The Bertz CT molecular complexity index is 159. The standard InChI is InChI=1S/C3H8NO5P.C3H9S/c5-3(6)1-4-2-9-10(7)8;1-4(2)3/h4,10H,1-2H2,(H,5,6)(H,7,8);1-3H3/q;+1/p-1. The molecule has 0 aliphatic rings. The Kier molecular flexibility index (Phi) is 12.9. The van der Waals surface area contributed by atoms with Gasteiger partial charge in [-0.15, -0.1) is 0 Å². The lowest BCUT2D eigenvalue weighted by Crippen LogP contribution is -2.24. The van der Waals surface area contributed by atoms with E-state index in [0.29, 0.717) is 10.9 Å². The zero-order valence-electron chi connectivity index (χ0n) is 8.40. The lowest BCUT2D eigenvalue weighted by atomic mass is 10.7. The molecule has 0 bridgehead atoms. The predicted molar refractivity (Wildman–Crippen MR) is 55.7 cm³/mol. The maximum absolute atomic E-state index is 9.78. The first-order chi connectivity index (χ1) is 6.36. The van der Waals surface area contributed by atoms with Crippen LogP contribution in [-0.2, 0) is 24.8 Å². The van der Waals surface area contributed by atoms with Crippen molar-refractivity contribution in [1.29, 1.82) is 0 Å². The molecule has 0 aromatic carbocycles. The molecule has 0 heterocycles. The van der Waals surface area contributed by atoms with Crippen LogP contribution in [0.3, 0.4) is 0 Å². The Morgan fingerprint density at radius 2 is 2.00 bits per heavy atom. The van der Waals surface area contributed by atoms with Crippen LogP contribution < -0.4 is 10.2 Å². The summed E-state index contributed by atoms with van der Waals surface area (Å²) in [5.41, 5.74) is 0. The molecule has 14 heavy (non-hydrogen) atoms. The Morgan fingerprint density at radius 1 is 1.57 bits per heavy atom. The topological polar surface area (TPSA) is 98.7 Å². The van der Waals surface area contributed by atoms with Crippen LogP contribution >= 0.6 is 8.25 Å². The fourth-order valence-electron chi connectivity index (χ4n) is 0.268. The summed E-state index contributed by atoms with van der Waals surface area (Å²) in [5, 5.41) is 10.2. The molecule has 2 N–H and O–H groups in total. The highest BCUT2D eigenvalue weighted by molar-refractivity contribution is 7.94. The lowest BCUT2D eigenvalue weighted by Gasteiger charge is -2.05. The quantitative estimate of drug-likeness (QED) is 0.275. The largest absolute Gasteiger partial charge is 0.781 e. The van der Waals surface area contributed by atoms with E-state index in [9.17, 15) is 14.3 Å². The zero-order valence-corrected chi connectivity index (χ0v) is 10.2. The number of nitrogens with one attached hydrogen (secondary N) is 1. The van der Waals surface area contributed by atoms with Crippen molar-refractivity contribution < 1.29 is 23.9 Å². The highest BCUT2D eigenvalue weighted by atomic mass is 32.2. The zero-order chi connectivity index (χ0) is 11.6. The molecule has 0 aliphatic carbocycles. The molecule has 1 atom stereocenters. The summed E-state index contributed by atoms with van der Waals surface area (Å²) in [6.07, 6.45) is 6.58. The molecule has 0 aromatic heterocycles. The third-order valence-electron chi connectivity index (χ3n) is 0.568. The summed E-state index contributed by atoms with van der Waals surface area (Å²) in [6.45, 7) is -0.595. The van der Waals surface area contributed by atoms with E-state index in [1.54, 1.807) is 0 Å². The van der Waals surface area contributed by atoms with Crippen LogP contribution in [0.25, 0.3) is 0 Å². The van der Waals surface area contributed by atoms with Gasteiger partial charge >= 0.3 is 5.97 Å². The smallest absolute Gasteiger partial charge is 0.317 e. The first-order valence-electron chi connectivity index (χ1n) is 3.61. The molecule has 0 aromatic rings. The van der Waals surface area contributed by atoms with E-state index in [4.69, 9.17) is 5.11 Å². The van der Waals surface area contributed by atoms with Gasteiger partial charge in [0.15, 0.2) is 0 Å². The molecule has 8 heteroatoms. The van der Waals surface area contributed by atoms with Crippen molar-refractivity contribution in [2.75, 3.05) is 32.0 Å².